The molecule has 1 fully saturated rings. The van der Waals surface area contributed by atoms with Gasteiger partial charge in [0.15, 0.2) is 0 Å². The Morgan fingerprint density at radius 1 is 1.00 bits per heavy atom. The highest BCUT2D eigenvalue weighted by Gasteiger charge is 2.51. The second kappa shape index (κ2) is 7.92. The molecular weight excluding hydrogens is 359 g/mol. The third kappa shape index (κ3) is 4.95. The van der Waals surface area contributed by atoms with Gasteiger partial charge in [-0.1, -0.05) is 51.5 Å². The van der Waals surface area contributed by atoms with Crippen LogP contribution in [0.25, 0.3) is 0 Å². The van der Waals surface area contributed by atoms with Gasteiger partial charge in [-0.15, -0.1) is 0 Å². The molecule has 1 aromatic heterocycles. The van der Waals surface area contributed by atoms with Crippen LogP contribution in [0.5, 0.6) is 0 Å². The predicted molar refractivity (Wildman–Crippen MR) is 121 cm³/mol. The van der Waals surface area contributed by atoms with Gasteiger partial charge in [-0.05, 0) is 57.0 Å². The van der Waals surface area contributed by atoms with E-state index in [1.807, 2.05) is 0 Å². The summed E-state index contributed by atoms with van der Waals surface area (Å²) >= 11 is 0. The van der Waals surface area contributed by atoms with Crippen LogP contribution in [-0.4, -0.2) is 27.9 Å². The highest BCUT2D eigenvalue weighted by atomic mass is 16.7. The van der Waals surface area contributed by atoms with Crippen molar-refractivity contribution in [2.24, 2.45) is 12.5 Å². The van der Waals surface area contributed by atoms with Gasteiger partial charge in [0.25, 0.3) is 0 Å². The van der Waals surface area contributed by atoms with Crippen LogP contribution >= 0.6 is 0 Å². The van der Waals surface area contributed by atoms with Crippen molar-refractivity contribution in [1.29, 1.82) is 0 Å². The summed E-state index contributed by atoms with van der Waals surface area (Å²) in [6.45, 7) is 15.2. The third-order valence-electron chi connectivity index (χ3n) is 6.78. The van der Waals surface area contributed by atoms with Crippen LogP contribution in [0.2, 0.25) is 0 Å². The van der Waals surface area contributed by atoms with E-state index < -0.39 is 0 Å². The van der Waals surface area contributed by atoms with Gasteiger partial charge >= 0.3 is 7.12 Å². The highest BCUT2D eigenvalue weighted by molar-refractivity contribution is 6.62. The number of aromatic nitrogens is 2. The predicted octanol–water partition coefficient (Wildman–Crippen LogP) is 4.48. The van der Waals surface area contributed by atoms with Crippen LogP contribution in [0.3, 0.4) is 0 Å². The lowest BCUT2D eigenvalue weighted by molar-refractivity contribution is 0.00578. The molecular formula is C24H37BN2O2. The maximum Gasteiger partial charge on any atom is 0.494 e. The number of benzene rings is 1. The van der Waals surface area contributed by atoms with Gasteiger partial charge in [-0.25, -0.2) is 4.98 Å². The Kier molecular flexibility index (Phi) is 6.04. The maximum atomic E-state index is 6.15. The van der Waals surface area contributed by atoms with E-state index in [0.29, 0.717) is 5.41 Å². The summed E-state index contributed by atoms with van der Waals surface area (Å²) in [5, 5.41) is 0. The van der Waals surface area contributed by atoms with Gasteiger partial charge in [0, 0.05) is 19.7 Å². The first kappa shape index (κ1) is 22.1. The molecule has 0 amide bonds. The largest absolute Gasteiger partial charge is 0.494 e. The molecule has 1 aliphatic rings. The van der Waals surface area contributed by atoms with E-state index in [1.54, 1.807) is 0 Å². The summed E-state index contributed by atoms with van der Waals surface area (Å²) in [6.07, 6.45) is 6.30. The Hall–Kier alpha value is -1.59. The molecule has 158 valence electrons. The van der Waals surface area contributed by atoms with Crippen molar-refractivity contribution < 1.29 is 9.31 Å². The Bertz CT molecular complexity index is 821. The molecule has 0 unspecified atom stereocenters. The SMILES string of the molecule is CCC(C)(C)Cc1cn(C)c(CCc2ccc(B3OC(C)(C)C(C)(C)O3)cc2)n1. The molecule has 1 aliphatic heterocycles. The molecule has 29 heavy (non-hydrogen) atoms. The molecule has 0 saturated carbocycles. The summed E-state index contributed by atoms with van der Waals surface area (Å²) in [5.41, 5.74) is 3.27. The summed E-state index contributed by atoms with van der Waals surface area (Å²) < 4.78 is 14.5. The van der Waals surface area contributed by atoms with Crippen molar-refractivity contribution in [3.63, 3.8) is 0 Å². The monoisotopic (exact) mass is 396 g/mol. The van der Waals surface area contributed by atoms with Crippen molar-refractivity contribution in [3.05, 3.63) is 47.5 Å². The number of rotatable bonds is 7. The molecule has 0 atom stereocenters. The first-order valence-corrected chi connectivity index (χ1v) is 10.9. The van der Waals surface area contributed by atoms with Gasteiger partial charge in [-0.2, -0.15) is 0 Å². The summed E-state index contributed by atoms with van der Waals surface area (Å²) in [4.78, 5) is 4.89. The number of nitrogens with zero attached hydrogens (tertiary/aromatic N) is 2. The van der Waals surface area contributed by atoms with Crippen molar-refractivity contribution in [2.75, 3.05) is 0 Å². The number of imidazole rings is 1. The minimum absolute atomic E-state index is 0.298. The third-order valence-corrected chi connectivity index (χ3v) is 6.78. The first-order chi connectivity index (χ1) is 13.4. The fourth-order valence-corrected chi connectivity index (χ4v) is 3.58. The molecule has 0 bridgehead atoms. The molecule has 2 heterocycles. The first-order valence-electron chi connectivity index (χ1n) is 10.9. The standard InChI is InChI=1S/C24H37BN2O2/c1-9-22(2,3)16-20-17-27(8)21(26-20)15-12-18-10-13-19(14-11-18)25-28-23(4,5)24(6,7)29-25/h10-11,13-14,17H,9,12,15-16H2,1-8H3. The molecule has 1 saturated heterocycles. The fraction of sp³-hybridized carbons (Fsp3) is 0.625. The molecule has 0 aliphatic carbocycles. The molecule has 3 rings (SSSR count). The zero-order valence-electron chi connectivity index (χ0n) is 19.5. The lowest BCUT2D eigenvalue weighted by Crippen LogP contribution is -2.41. The lowest BCUT2D eigenvalue weighted by Gasteiger charge is -2.32. The van der Waals surface area contributed by atoms with E-state index in [4.69, 9.17) is 14.3 Å². The van der Waals surface area contributed by atoms with Crippen molar-refractivity contribution in [2.45, 2.75) is 85.4 Å². The van der Waals surface area contributed by atoms with Gasteiger partial charge in [0.2, 0.25) is 0 Å². The second-order valence-electron chi connectivity index (χ2n) is 10.3. The van der Waals surface area contributed by atoms with Crippen LogP contribution in [0, 0.1) is 5.41 Å². The molecule has 0 spiro atoms. The van der Waals surface area contributed by atoms with E-state index in [1.165, 1.54) is 11.3 Å². The van der Waals surface area contributed by atoms with Crippen molar-refractivity contribution in [1.82, 2.24) is 9.55 Å². The van der Waals surface area contributed by atoms with E-state index in [-0.39, 0.29) is 18.3 Å². The average molecular weight is 396 g/mol. The zero-order chi connectivity index (χ0) is 21.4. The Labute approximate surface area is 177 Å². The summed E-state index contributed by atoms with van der Waals surface area (Å²) in [6, 6.07) is 8.63. The van der Waals surface area contributed by atoms with Gasteiger partial charge in [0.05, 0.1) is 16.9 Å². The fourth-order valence-electron chi connectivity index (χ4n) is 3.58. The smallest absolute Gasteiger partial charge is 0.399 e. The van der Waals surface area contributed by atoms with E-state index in [0.717, 1.165) is 37.0 Å². The Morgan fingerprint density at radius 2 is 1.59 bits per heavy atom. The minimum atomic E-state index is -0.307. The van der Waals surface area contributed by atoms with E-state index in [9.17, 15) is 0 Å². The number of hydrogen-bond donors (Lipinski definition) is 0. The summed E-state index contributed by atoms with van der Waals surface area (Å²) in [5.74, 6) is 1.15. The van der Waals surface area contributed by atoms with Crippen LogP contribution in [0.4, 0.5) is 0 Å². The van der Waals surface area contributed by atoms with Crippen LogP contribution in [-0.2, 0) is 35.6 Å². The van der Waals surface area contributed by atoms with Crippen LogP contribution in [0.15, 0.2) is 30.5 Å². The number of aryl methyl sites for hydroxylation is 3. The van der Waals surface area contributed by atoms with Crippen LogP contribution < -0.4 is 5.46 Å². The Morgan fingerprint density at radius 3 is 2.14 bits per heavy atom. The molecule has 4 nitrogen and oxygen atoms in total. The van der Waals surface area contributed by atoms with Crippen LogP contribution in [0.1, 0.15) is 72.0 Å². The second-order valence-corrected chi connectivity index (χ2v) is 10.3. The molecule has 5 heteroatoms. The minimum Gasteiger partial charge on any atom is -0.399 e. The van der Waals surface area contributed by atoms with E-state index >= 15 is 0 Å². The van der Waals surface area contributed by atoms with Gasteiger partial charge in [-0.3, -0.25) is 0 Å². The quantitative estimate of drug-likeness (QED) is 0.648. The lowest BCUT2D eigenvalue weighted by atomic mass is 9.78. The molecule has 0 radical (unpaired) electrons. The normalized spacial score (nSPS) is 18.4. The van der Waals surface area contributed by atoms with Gasteiger partial charge < -0.3 is 13.9 Å². The highest BCUT2D eigenvalue weighted by Crippen LogP contribution is 2.36. The van der Waals surface area contributed by atoms with E-state index in [2.05, 4.69) is 90.5 Å². The Balaban J connectivity index is 1.61. The average Bonchev–Trinajstić information content (AvgIpc) is 3.08. The maximum absolute atomic E-state index is 6.15. The topological polar surface area (TPSA) is 36.3 Å². The molecule has 2 aromatic rings. The number of hydrogen-bond acceptors (Lipinski definition) is 3. The zero-order valence-corrected chi connectivity index (χ0v) is 19.5. The molecule has 1 aromatic carbocycles. The van der Waals surface area contributed by atoms with Crippen molar-refractivity contribution in [3.8, 4) is 0 Å². The van der Waals surface area contributed by atoms with Crippen molar-refractivity contribution >= 4 is 12.6 Å². The molecule has 0 N–H and O–H groups in total. The van der Waals surface area contributed by atoms with Gasteiger partial charge in [0.1, 0.15) is 5.82 Å². The summed E-state index contributed by atoms with van der Waals surface area (Å²) in [7, 11) is 1.81.